The van der Waals surface area contributed by atoms with Crippen LogP contribution in [0.3, 0.4) is 0 Å². The number of hydrogen-bond donors (Lipinski definition) is 0. The Balaban J connectivity index is 1.91. The van der Waals surface area contributed by atoms with Crippen molar-refractivity contribution in [2.75, 3.05) is 7.05 Å². The van der Waals surface area contributed by atoms with Crippen molar-refractivity contribution in [1.82, 2.24) is 4.90 Å². The van der Waals surface area contributed by atoms with Crippen LogP contribution in [-0.4, -0.2) is 17.9 Å². The highest BCUT2D eigenvalue weighted by Crippen LogP contribution is 2.24. The van der Waals surface area contributed by atoms with E-state index in [-0.39, 0.29) is 5.92 Å². The van der Waals surface area contributed by atoms with Gasteiger partial charge in [-0.25, -0.2) is 0 Å². The molecule has 3 heteroatoms. The Morgan fingerprint density at radius 3 is 2.25 bits per heavy atom. The molecule has 1 aromatic rings. The molecule has 0 saturated heterocycles. The number of carbonyl (C=O) groups excluding carboxylic acids is 1. The average molecular weight is 338 g/mol. The molecule has 0 aromatic heterocycles. The third kappa shape index (κ3) is 4.62. The first-order valence-corrected chi connectivity index (χ1v) is 8.45. The van der Waals surface area contributed by atoms with Crippen molar-refractivity contribution in [3.63, 3.8) is 0 Å². The van der Waals surface area contributed by atoms with E-state index in [2.05, 4.69) is 28.1 Å². The highest BCUT2D eigenvalue weighted by Gasteiger charge is 2.22. The lowest BCUT2D eigenvalue weighted by atomic mass is 9.90. The Kier molecular flexibility index (Phi) is 6.08. The van der Waals surface area contributed by atoms with Crippen LogP contribution in [0.15, 0.2) is 28.7 Å². The van der Waals surface area contributed by atoms with Crippen LogP contribution in [0.4, 0.5) is 0 Å². The van der Waals surface area contributed by atoms with E-state index in [9.17, 15) is 4.79 Å². The number of carbonyl (C=O) groups is 1. The highest BCUT2D eigenvalue weighted by atomic mass is 79.9. The van der Waals surface area contributed by atoms with Gasteiger partial charge in [-0.2, -0.15) is 0 Å². The number of hydrogen-bond acceptors (Lipinski definition) is 1. The molecule has 1 aliphatic rings. The molecule has 2 rings (SSSR count). The summed E-state index contributed by atoms with van der Waals surface area (Å²) in [7, 11) is 1.93. The predicted octanol–water partition coefficient (Wildman–Crippen LogP) is 4.77. The standard InChI is InChI=1S/C17H24BrNO/c1-19(13-14-9-11-16(18)12-10-14)17(20)15-7-5-3-2-4-6-8-15/h9-12,15H,2-8,13H2,1H3. The topological polar surface area (TPSA) is 20.3 Å². The van der Waals surface area contributed by atoms with E-state index < -0.39 is 0 Å². The second-order valence-electron chi connectivity index (χ2n) is 5.86. The van der Waals surface area contributed by atoms with Crippen LogP contribution in [-0.2, 0) is 11.3 Å². The third-order valence-electron chi connectivity index (χ3n) is 4.16. The van der Waals surface area contributed by atoms with E-state index in [0.717, 1.165) is 17.3 Å². The first-order chi connectivity index (χ1) is 9.66. The first-order valence-electron chi connectivity index (χ1n) is 7.66. The molecule has 2 nitrogen and oxygen atoms in total. The largest absolute Gasteiger partial charge is 0.341 e. The molecular formula is C17H24BrNO. The SMILES string of the molecule is CN(Cc1ccc(Br)cc1)C(=O)C1CCCCCCC1. The molecule has 0 N–H and O–H groups in total. The summed E-state index contributed by atoms with van der Waals surface area (Å²) in [6.07, 6.45) is 8.49. The summed E-state index contributed by atoms with van der Waals surface area (Å²) in [4.78, 5) is 14.4. The van der Waals surface area contributed by atoms with Crippen molar-refractivity contribution in [2.45, 2.75) is 51.5 Å². The van der Waals surface area contributed by atoms with Crippen molar-refractivity contribution >= 4 is 21.8 Å². The summed E-state index contributed by atoms with van der Waals surface area (Å²) in [6, 6.07) is 8.21. The average Bonchev–Trinajstić information content (AvgIpc) is 2.40. The van der Waals surface area contributed by atoms with Crippen LogP contribution in [0, 0.1) is 5.92 Å². The molecule has 1 amide bonds. The second-order valence-corrected chi connectivity index (χ2v) is 6.78. The monoisotopic (exact) mass is 337 g/mol. The van der Waals surface area contributed by atoms with Gasteiger partial charge in [0.25, 0.3) is 0 Å². The molecule has 1 aliphatic carbocycles. The lowest BCUT2D eigenvalue weighted by molar-refractivity contribution is -0.135. The molecule has 20 heavy (non-hydrogen) atoms. The minimum atomic E-state index is 0.246. The maximum atomic E-state index is 12.6. The minimum absolute atomic E-state index is 0.246. The summed E-state index contributed by atoms with van der Waals surface area (Å²) in [5.41, 5.74) is 1.19. The van der Waals surface area contributed by atoms with Gasteiger partial charge in [-0.3, -0.25) is 4.79 Å². The number of benzene rings is 1. The van der Waals surface area contributed by atoms with Gasteiger partial charge in [-0.05, 0) is 30.5 Å². The fourth-order valence-corrected chi connectivity index (χ4v) is 3.22. The second kappa shape index (κ2) is 7.82. The van der Waals surface area contributed by atoms with E-state index in [4.69, 9.17) is 0 Å². The van der Waals surface area contributed by atoms with E-state index >= 15 is 0 Å². The molecule has 1 saturated carbocycles. The van der Waals surface area contributed by atoms with E-state index in [1.165, 1.54) is 37.7 Å². The van der Waals surface area contributed by atoms with Gasteiger partial charge in [0.1, 0.15) is 0 Å². The highest BCUT2D eigenvalue weighted by molar-refractivity contribution is 9.10. The van der Waals surface area contributed by atoms with Gasteiger partial charge in [0.05, 0.1) is 0 Å². The van der Waals surface area contributed by atoms with E-state index in [0.29, 0.717) is 12.5 Å². The van der Waals surface area contributed by atoms with Crippen LogP contribution < -0.4 is 0 Å². The van der Waals surface area contributed by atoms with Crippen LogP contribution in [0.25, 0.3) is 0 Å². The Labute approximate surface area is 130 Å². The smallest absolute Gasteiger partial charge is 0.225 e. The lowest BCUT2D eigenvalue weighted by Gasteiger charge is -2.25. The van der Waals surface area contributed by atoms with Crippen molar-refractivity contribution in [3.8, 4) is 0 Å². The minimum Gasteiger partial charge on any atom is -0.341 e. The first kappa shape index (κ1) is 15.6. The van der Waals surface area contributed by atoms with Crippen LogP contribution in [0.1, 0.15) is 50.5 Å². The number of amides is 1. The van der Waals surface area contributed by atoms with Crippen LogP contribution in [0.2, 0.25) is 0 Å². The van der Waals surface area contributed by atoms with Gasteiger partial charge in [0.15, 0.2) is 0 Å². The Morgan fingerprint density at radius 2 is 1.65 bits per heavy atom. The van der Waals surface area contributed by atoms with Gasteiger partial charge in [0, 0.05) is 24.0 Å². The lowest BCUT2D eigenvalue weighted by Crippen LogP contribution is -2.32. The molecule has 0 radical (unpaired) electrons. The fraction of sp³-hybridized carbons (Fsp3) is 0.588. The molecule has 1 aromatic carbocycles. The Hall–Kier alpha value is -0.830. The maximum Gasteiger partial charge on any atom is 0.225 e. The summed E-state index contributed by atoms with van der Waals surface area (Å²) in [6.45, 7) is 0.711. The molecule has 0 heterocycles. The molecule has 1 fully saturated rings. The molecule has 0 atom stereocenters. The number of rotatable bonds is 3. The van der Waals surface area contributed by atoms with Crippen molar-refractivity contribution in [2.24, 2.45) is 5.92 Å². The number of nitrogens with zero attached hydrogens (tertiary/aromatic N) is 1. The Morgan fingerprint density at radius 1 is 1.10 bits per heavy atom. The summed E-state index contributed by atoms with van der Waals surface area (Å²) in [5.74, 6) is 0.575. The van der Waals surface area contributed by atoms with E-state index in [1.54, 1.807) is 0 Å². The van der Waals surface area contributed by atoms with Crippen molar-refractivity contribution < 1.29 is 4.79 Å². The molecule has 0 spiro atoms. The van der Waals surface area contributed by atoms with Gasteiger partial charge < -0.3 is 4.90 Å². The van der Waals surface area contributed by atoms with Gasteiger partial charge >= 0.3 is 0 Å². The third-order valence-corrected chi connectivity index (χ3v) is 4.69. The van der Waals surface area contributed by atoms with Crippen molar-refractivity contribution in [3.05, 3.63) is 34.3 Å². The maximum absolute atomic E-state index is 12.6. The van der Waals surface area contributed by atoms with E-state index in [1.807, 2.05) is 24.1 Å². The molecule has 110 valence electrons. The quantitative estimate of drug-likeness (QED) is 0.777. The van der Waals surface area contributed by atoms with Crippen LogP contribution in [0.5, 0.6) is 0 Å². The van der Waals surface area contributed by atoms with Crippen molar-refractivity contribution in [1.29, 1.82) is 0 Å². The molecule has 0 bridgehead atoms. The predicted molar refractivity (Wildman–Crippen MR) is 86.4 cm³/mol. The molecule has 0 aliphatic heterocycles. The zero-order chi connectivity index (χ0) is 14.4. The molecular weight excluding hydrogens is 314 g/mol. The molecule has 0 unspecified atom stereocenters. The fourth-order valence-electron chi connectivity index (χ4n) is 2.96. The van der Waals surface area contributed by atoms with Crippen LogP contribution >= 0.6 is 15.9 Å². The van der Waals surface area contributed by atoms with Gasteiger partial charge in [-0.1, -0.05) is 60.2 Å². The zero-order valence-electron chi connectivity index (χ0n) is 12.3. The zero-order valence-corrected chi connectivity index (χ0v) is 13.9. The summed E-state index contributed by atoms with van der Waals surface area (Å²) in [5, 5.41) is 0. The normalized spacial score (nSPS) is 17.3. The number of halogens is 1. The summed E-state index contributed by atoms with van der Waals surface area (Å²) < 4.78 is 1.08. The van der Waals surface area contributed by atoms with Gasteiger partial charge in [0.2, 0.25) is 5.91 Å². The summed E-state index contributed by atoms with van der Waals surface area (Å²) >= 11 is 3.44. The van der Waals surface area contributed by atoms with Gasteiger partial charge in [-0.15, -0.1) is 0 Å². The Bertz CT molecular complexity index is 421.